The molecular formula is C18H30O4. The predicted octanol–water partition coefficient (Wildman–Crippen LogP) is 4.17. The van der Waals surface area contributed by atoms with Crippen LogP contribution in [0.2, 0.25) is 0 Å². The Hall–Kier alpha value is -1.06. The van der Waals surface area contributed by atoms with Gasteiger partial charge in [-0.3, -0.25) is 9.59 Å². The Morgan fingerprint density at radius 2 is 1.50 bits per heavy atom. The average molecular weight is 310 g/mol. The first-order valence-electron chi connectivity index (χ1n) is 8.72. The Kier molecular flexibility index (Phi) is 5.18. The van der Waals surface area contributed by atoms with E-state index >= 15 is 0 Å². The van der Waals surface area contributed by atoms with Crippen LogP contribution in [0.25, 0.3) is 0 Å². The highest BCUT2D eigenvalue weighted by atomic mass is 16.6. The Balaban J connectivity index is 2.15. The fourth-order valence-electron chi connectivity index (χ4n) is 4.10. The van der Waals surface area contributed by atoms with Crippen LogP contribution in [0.5, 0.6) is 0 Å². The van der Waals surface area contributed by atoms with E-state index in [-0.39, 0.29) is 11.4 Å². The number of hydrogen-bond acceptors (Lipinski definition) is 3. The number of aliphatic carboxylic acids is 1. The monoisotopic (exact) mass is 310 g/mol. The summed E-state index contributed by atoms with van der Waals surface area (Å²) >= 11 is 0. The van der Waals surface area contributed by atoms with E-state index < -0.39 is 23.4 Å². The zero-order valence-electron chi connectivity index (χ0n) is 14.2. The average Bonchev–Trinajstić information content (AvgIpc) is 2.47. The third-order valence-corrected chi connectivity index (χ3v) is 5.71. The van der Waals surface area contributed by atoms with E-state index in [0.29, 0.717) is 12.8 Å². The van der Waals surface area contributed by atoms with Gasteiger partial charge in [-0.15, -0.1) is 0 Å². The van der Waals surface area contributed by atoms with Gasteiger partial charge in [-0.2, -0.15) is 0 Å². The van der Waals surface area contributed by atoms with Gasteiger partial charge in [0, 0.05) is 5.41 Å². The van der Waals surface area contributed by atoms with Crippen molar-refractivity contribution in [3.8, 4) is 0 Å². The number of rotatable bonds is 3. The maximum absolute atomic E-state index is 12.7. The molecule has 1 N–H and O–H groups in total. The van der Waals surface area contributed by atoms with Gasteiger partial charge in [-0.25, -0.2) is 0 Å². The summed E-state index contributed by atoms with van der Waals surface area (Å²) in [5.74, 6) is -2.16. The van der Waals surface area contributed by atoms with E-state index in [1.54, 1.807) is 0 Å². The van der Waals surface area contributed by atoms with Gasteiger partial charge < -0.3 is 9.84 Å². The van der Waals surface area contributed by atoms with E-state index in [1.165, 1.54) is 6.42 Å². The van der Waals surface area contributed by atoms with Gasteiger partial charge in [0.15, 0.2) is 0 Å². The lowest BCUT2D eigenvalue weighted by Gasteiger charge is -2.47. The lowest BCUT2D eigenvalue weighted by Crippen LogP contribution is -2.50. The minimum Gasteiger partial charge on any atom is -0.481 e. The van der Waals surface area contributed by atoms with Crippen LogP contribution in [0.4, 0.5) is 0 Å². The van der Waals surface area contributed by atoms with E-state index in [9.17, 15) is 14.7 Å². The van der Waals surface area contributed by atoms with Gasteiger partial charge in [-0.05, 0) is 38.5 Å². The van der Waals surface area contributed by atoms with Crippen molar-refractivity contribution in [3.05, 3.63) is 0 Å². The highest BCUT2D eigenvalue weighted by molar-refractivity contribution is 5.81. The van der Waals surface area contributed by atoms with Crippen molar-refractivity contribution in [2.45, 2.75) is 84.2 Å². The van der Waals surface area contributed by atoms with Crippen LogP contribution >= 0.6 is 0 Å². The molecule has 4 heteroatoms. The molecule has 2 fully saturated rings. The number of carbonyl (C=O) groups excluding carboxylic acids is 1. The van der Waals surface area contributed by atoms with E-state index in [0.717, 1.165) is 38.5 Å². The van der Waals surface area contributed by atoms with Gasteiger partial charge in [0.1, 0.15) is 5.60 Å². The summed E-state index contributed by atoms with van der Waals surface area (Å²) in [6.07, 6.45) is 8.20. The fourth-order valence-corrected chi connectivity index (χ4v) is 4.10. The van der Waals surface area contributed by atoms with Crippen molar-refractivity contribution in [1.82, 2.24) is 0 Å². The molecule has 0 heterocycles. The molecule has 0 aromatic rings. The summed E-state index contributed by atoms with van der Waals surface area (Å²) in [6.45, 7) is 6.38. The van der Waals surface area contributed by atoms with Crippen molar-refractivity contribution in [2.75, 3.05) is 0 Å². The topological polar surface area (TPSA) is 63.6 Å². The summed E-state index contributed by atoms with van der Waals surface area (Å²) in [5, 5.41) is 9.38. The highest BCUT2D eigenvalue weighted by Crippen LogP contribution is 2.46. The second kappa shape index (κ2) is 6.59. The summed E-state index contributed by atoms with van der Waals surface area (Å²) in [4.78, 5) is 24.2. The van der Waals surface area contributed by atoms with Crippen LogP contribution in [-0.2, 0) is 14.3 Å². The van der Waals surface area contributed by atoms with Gasteiger partial charge in [0.05, 0.1) is 11.8 Å². The highest BCUT2D eigenvalue weighted by Gasteiger charge is 2.48. The summed E-state index contributed by atoms with van der Waals surface area (Å²) < 4.78 is 6.06. The molecule has 0 aromatic heterocycles. The summed E-state index contributed by atoms with van der Waals surface area (Å²) in [6, 6.07) is 0. The largest absolute Gasteiger partial charge is 0.481 e. The predicted molar refractivity (Wildman–Crippen MR) is 84.4 cm³/mol. The first kappa shape index (κ1) is 17.3. The third-order valence-electron chi connectivity index (χ3n) is 5.71. The molecule has 0 saturated heterocycles. The lowest BCUT2D eigenvalue weighted by molar-refractivity contribution is -0.189. The Bertz CT molecular complexity index is 415. The van der Waals surface area contributed by atoms with Crippen LogP contribution in [0, 0.1) is 17.3 Å². The molecule has 0 amide bonds. The molecule has 2 atom stereocenters. The molecule has 2 saturated carbocycles. The molecule has 2 rings (SSSR count). The molecule has 2 unspecified atom stereocenters. The summed E-state index contributed by atoms with van der Waals surface area (Å²) in [5.41, 5.74) is -0.542. The first-order valence-corrected chi connectivity index (χ1v) is 8.72. The normalized spacial score (nSPS) is 28.9. The van der Waals surface area contributed by atoms with E-state index in [2.05, 4.69) is 20.8 Å². The fraction of sp³-hybridized carbons (Fsp3) is 0.889. The molecule has 126 valence electrons. The zero-order chi connectivity index (χ0) is 16.4. The molecule has 4 nitrogen and oxygen atoms in total. The van der Waals surface area contributed by atoms with Gasteiger partial charge in [0.2, 0.25) is 0 Å². The zero-order valence-corrected chi connectivity index (χ0v) is 14.2. The van der Waals surface area contributed by atoms with Crippen molar-refractivity contribution in [1.29, 1.82) is 0 Å². The van der Waals surface area contributed by atoms with Gasteiger partial charge in [0.25, 0.3) is 0 Å². The Labute approximate surface area is 133 Å². The quantitative estimate of drug-likeness (QED) is 0.795. The van der Waals surface area contributed by atoms with Crippen molar-refractivity contribution < 1.29 is 19.4 Å². The number of hydrogen-bond donors (Lipinski definition) is 1. The second-order valence-corrected chi connectivity index (χ2v) is 8.06. The molecule has 2 aliphatic carbocycles. The molecule has 0 spiro atoms. The van der Waals surface area contributed by atoms with Crippen LogP contribution in [0.3, 0.4) is 0 Å². The summed E-state index contributed by atoms with van der Waals surface area (Å²) in [7, 11) is 0. The first-order chi connectivity index (χ1) is 10.3. The third kappa shape index (κ3) is 3.47. The lowest BCUT2D eigenvalue weighted by atomic mass is 9.68. The van der Waals surface area contributed by atoms with Crippen molar-refractivity contribution >= 4 is 11.9 Å². The van der Waals surface area contributed by atoms with E-state index in [4.69, 9.17) is 4.74 Å². The SMILES string of the molecule is CC(C)(C)C1(OC(=O)C2CCCCC2C(=O)O)CCCCC1. The van der Waals surface area contributed by atoms with Crippen molar-refractivity contribution in [2.24, 2.45) is 17.3 Å². The Morgan fingerprint density at radius 3 is 2.00 bits per heavy atom. The van der Waals surface area contributed by atoms with Gasteiger partial charge >= 0.3 is 11.9 Å². The van der Waals surface area contributed by atoms with Crippen LogP contribution in [0.15, 0.2) is 0 Å². The van der Waals surface area contributed by atoms with Crippen LogP contribution < -0.4 is 0 Å². The maximum Gasteiger partial charge on any atom is 0.310 e. The maximum atomic E-state index is 12.7. The van der Waals surface area contributed by atoms with Crippen LogP contribution in [-0.4, -0.2) is 22.6 Å². The molecule has 0 bridgehead atoms. The Morgan fingerprint density at radius 1 is 0.955 bits per heavy atom. The number of carboxylic acid groups (broad SMARTS) is 1. The van der Waals surface area contributed by atoms with Crippen molar-refractivity contribution in [3.63, 3.8) is 0 Å². The number of esters is 1. The minimum atomic E-state index is -0.852. The van der Waals surface area contributed by atoms with Crippen LogP contribution in [0.1, 0.15) is 78.6 Å². The molecule has 0 aliphatic heterocycles. The number of carboxylic acids is 1. The molecule has 2 aliphatic rings. The smallest absolute Gasteiger partial charge is 0.310 e. The molecule has 22 heavy (non-hydrogen) atoms. The van der Waals surface area contributed by atoms with E-state index in [1.807, 2.05) is 0 Å². The molecule has 0 radical (unpaired) electrons. The number of carbonyl (C=O) groups is 2. The standard InChI is InChI=1S/C18H30O4/c1-17(2,3)18(11-7-4-8-12-18)22-16(21)14-10-6-5-9-13(14)15(19)20/h13-14H,4-12H2,1-3H3,(H,19,20). The molecular weight excluding hydrogens is 280 g/mol. The van der Waals surface area contributed by atoms with Gasteiger partial charge in [-0.1, -0.05) is 40.0 Å². The minimum absolute atomic E-state index is 0.115. The number of ether oxygens (including phenoxy) is 1. The second-order valence-electron chi connectivity index (χ2n) is 8.06. The molecule has 0 aromatic carbocycles.